The van der Waals surface area contributed by atoms with Gasteiger partial charge in [-0.25, -0.2) is 9.78 Å². The summed E-state index contributed by atoms with van der Waals surface area (Å²) in [6, 6.07) is 7.77. The molecule has 0 saturated carbocycles. The van der Waals surface area contributed by atoms with Crippen LogP contribution >= 0.6 is 11.8 Å². The minimum absolute atomic E-state index is 0.0297. The lowest BCUT2D eigenvalue weighted by Gasteiger charge is -2.32. The van der Waals surface area contributed by atoms with Gasteiger partial charge in [0, 0.05) is 43.1 Å². The molecule has 33 heavy (non-hydrogen) atoms. The van der Waals surface area contributed by atoms with Gasteiger partial charge in [0.25, 0.3) is 0 Å². The molecule has 3 rings (SSSR count). The van der Waals surface area contributed by atoms with E-state index in [0.29, 0.717) is 49.9 Å². The predicted octanol–water partition coefficient (Wildman–Crippen LogP) is 5.34. The molecular formula is C24H33N3O5S. The number of hydrogen-bond acceptors (Lipinski definition) is 8. The van der Waals surface area contributed by atoms with Crippen LogP contribution in [0.2, 0.25) is 0 Å². The van der Waals surface area contributed by atoms with Gasteiger partial charge in [-0.05, 0) is 45.2 Å². The number of hydrogen-bond donors (Lipinski definition) is 1. The summed E-state index contributed by atoms with van der Waals surface area (Å²) < 4.78 is 23.1. The fourth-order valence-electron chi connectivity index (χ4n) is 3.54. The number of likely N-dealkylation sites (tertiary alicyclic amines) is 1. The lowest BCUT2D eigenvalue weighted by Crippen LogP contribution is -2.42. The molecule has 0 radical (unpaired) electrons. The highest BCUT2D eigenvalue weighted by atomic mass is 32.2. The number of methoxy groups -OCH3 is 1. The molecule has 8 nitrogen and oxygen atoms in total. The average molecular weight is 476 g/mol. The monoisotopic (exact) mass is 475 g/mol. The average Bonchev–Trinajstić information content (AvgIpc) is 2.81. The molecule has 1 fully saturated rings. The Bertz CT molecular complexity index is 932. The zero-order valence-electron chi connectivity index (χ0n) is 19.9. The summed E-state index contributed by atoms with van der Waals surface area (Å²) in [4.78, 5) is 19.5. The SMILES string of the molecule is CCOc1c(OC2CCN(C(=O)OC(C)C)CC2)ccnc1Nc1ccc(SC)cc1OC. The van der Waals surface area contributed by atoms with Crippen LogP contribution in [0.3, 0.4) is 0 Å². The quantitative estimate of drug-likeness (QED) is 0.487. The Morgan fingerprint density at radius 2 is 2.00 bits per heavy atom. The van der Waals surface area contributed by atoms with Crippen molar-refractivity contribution >= 4 is 29.4 Å². The van der Waals surface area contributed by atoms with Crippen molar-refractivity contribution in [2.24, 2.45) is 0 Å². The van der Waals surface area contributed by atoms with Crippen LogP contribution in [0.4, 0.5) is 16.3 Å². The fraction of sp³-hybridized carbons (Fsp3) is 0.500. The summed E-state index contributed by atoms with van der Waals surface area (Å²) in [6.07, 6.45) is 4.72. The number of thioether (sulfide) groups is 1. The van der Waals surface area contributed by atoms with Crippen LogP contribution < -0.4 is 19.5 Å². The molecule has 1 aliphatic rings. The van der Waals surface area contributed by atoms with Gasteiger partial charge in [0.15, 0.2) is 11.6 Å². The summed E-state index contributed by atoms with van der Waals surface area (Å²) in [5.74, 6) is 2.45. The molecule has 180 valence electrons. The summed E-state index contributed by atoms with van der Waals surface area (Å²) in [5.41, 5.74) is 0.790. The first-order valence-electron chi connectivity index (χ1n) is 11.2. The maximum atomic E-state index is 12.1. The number of carbonyl (C=O) groups is 1. The fourth-order valence-corrected chi connectivity index (χ4v) is 3.97. The second-order valence-electron chi connectivity index (χ2n) is 7.85. The lowest BCUT2D eigenvalue weighted by atomic mass is 10.1. The Kier molecular flexibility index (Phi) is 8.94. The van der Waals surface area contributed by atoms with Gasteiger partial charge in [-0.1, -0.05) is 0 Å². The van der Waals surface area contributed by atoms with Crippen molar-refractivity contribution in [3.05, 3.63) is 30.5 Å². The van der Waals surface area contributed by atoms with Gasteiger partial charge in [-0.3, -0.25) is 0 Å². The first kappa shape index (κ1) is 24.8. The summed E-state index contributed by atoms with van der Waals surface area (Å²) in [5, 5.41) is 3.33. The van der Waals surface area contributed by atoms with Crippen molar-refractivity contribution in [1.29, 1.82) is 0 Å². The van der Waals surface area contributed by atoms with Crippen LogP contribution in [0.15, 0.2) is 35.4 Å². The number of benzene rings is 1. The van der Waals surface area contributed by atoms with E-state index in [1.54, 1.807) is 30.0 Å². The molecule has 2 aromatic rings. The van der Waals surface area contributed by atoms with Crippen LogP contribution in [0.1, 0.15) is 33.6 Å². The smallest absolute Gasteiger partial charge is 0.410 e. The van der Waals surface area contributed by atoms with Gasteiger partial charge in [0.05, 0.1) is 25.5 Å². The summed E-state index contributed by atoms with van der Waals surface area (Å²) in [7, 11) is 1.64. The van der Waals surface area contributed by atoms with Crippen molar-refractivity contribution < 1.29 is 23.7 Å². The van der Waals surface area contributed by atoms with E-state index in [-0.39, 0.29) is 18.3 Å². The van der Waals surface area contributed by atoms with Gasteiger partial charge in [-0.15, -0.1) is 11.8 Å². The third kappa shape index (κ3) is 6.60. The van der Waals surface area contributed by atoms with E-state index in [1.165, 1.54) is 0 Å². The van der Waals surface area contributed by atoms with Gasteiger partial charge in [-0.2, -0.15) is 0 Å². The van der Waals surface area contributed by atoms with Crippen LogP contribution in [-0.2, 0) is 4.74 Å². The molecule has 0 aliphatic carbocycles. The zero-order valence-corrected chi connectivity index (χ0v) is 20.7. The molecule has 1 saturated heterocycles. The minimum Gasteiger partial charge on any atom is -0.495 e. The normalized spacial score (nSPS) is 14.2. The van der Waals surface area contributed by atoms with Crippen LogP contribution in [0.25, 0.3) is 0 Å². The third-order valence-corrected chi connectivity index (χ3v) is 5.87. The van der Waals surface area contributed by atoms with E-state index in [0.717, 1.165) is 16.3 Å². The van der Waals surface area contributed by atoms with E-state index in [4.69, 9.17) is 18.9 Å². The second-order valence-corrected chi connectivity index (χ2v) is 8.73. The highest BCUT2D eigenvalue weighted by Gasteiger charge is 2.26. The van der Waals surface area contributed by atoms with E-state index < -0.39 is 0 Å². The third-order valence-electron chi connectivity index (χ3n) is 5.15. The lowest BCUT2D eigenvalue weighted by molar-refractivity contribution is 0.0509. The topological polar surface area (TPSA) is 82.2 Å². The second kappa shape index (κ2) is 11.9. The Balaban J connectivity index is 1.73. The van der Waals surface area contributed by atoms with Gasteiger partial charge < -0.3 is 29.2 Å². The number of carbonyl (C=O) groups excluding carboxylic acids is 1. The summed E-state index contributed by atoms with van der Waals surface area (Å²) >= 11 is 1.65. The summed E-state index contributed by atoms with van der Waals surface area (Å²) in [6.45, 7) is 7.28. The number of rotatable bonds is 9. The molecule has 1 amide bonds. The number of nitrogens with one attached hydrogen (secondary N) is 1. The minimum atomic E-state index is -0.268. The van der Waals surface area contributed by atoms with Crippen molar-refractivity contribution in [3.63, 3.8) is 0 Å². The number of aromatic nitrogens is 1. The number of ether oxygens (including phenoxy) is 4. The van der Waals surface area contributed by atoms with Crippen molar-refractivity contribution in [2.45, 2.75) is 50.7 Å². The zero-order chi connectivity index (χ0) is 23.8. The highest BCUT2D eigenvalue weighted by molar-refractivity contribution is 7.98. The number of nitrogens with zero attached hydrogens (tertiary/aromatic N) is 2. The van der Waals surface area contributed by atoms with Crippen molar-refractivity contribution in [3.8, 4) is 17.2 Å². The van der Waals surface area contributed by atoms with Crippen molar-refractivity contribution in [2.75, 3.05) is 38.4 Å². The molecule has 1 aromatic carbocycles. The number of pyridine rings is 1. The molecule has 2 heterocycles. The molecule has 0 atom stereocenters. The first-order valence-corrected chi connectivity index (χ1v) is 12.4. The van der Waals surface area contributed by atoms with Crippen LogP contribution in [0, 0.1) is 0 Å². The number of piperidine rings is 1. The Morgan fingerprint density at radius 1 is 1.24 bits per heavy atom. The first-order chi connectivity index (χ1) is 15.9. The van der Waals surface area contributed by atoms with E-state index in [1.807, 2.05) is 51.3 Å². The Hall–Kier alpha value is -2.81. The molecular weight excluding hydrogens is 442 g/mol. The van der Waals surface area contributed by atoms with Gasteiger partial charge >= 0.3 is 6.09 Å². The van der Waals surface area contributed by atoms with Gasteiger partial charge in [0.2, 0.25) is 5.75 Å². The molecule has 0 spiro atoms. The van der Waals surface area contributed by atoms with Crippen LogP contribution in [0.5, 0.6) is 17.2 Å². The predicted molar refractivity (Wildman–Crippen MR) is 130 cm³/mol. The number of amides is 1. The maximum absolute atomic E-state index is 12.1. The molecule has 1 N–H and O–H groups in total. The number of anilines is 2. The largest absolute Gasteiger partial charge is 0.495 e. The Morgan fingerprint density at radius 3 is 2.64 bits per heavy atom. The Labute approximate surface area is 199 Å². The standard InChI is InChI=1S/C24H33N3O5S/c1-6-30-22-20(32-17-10-13-27(14-11-17)24(28)31-16(2)3)9-12-25-23(22)26-19-8-7-18(33-5)15-21(19)29-4/h7-9,12,15-17H,6,10-11,13-14H2,1-5H3,(H,25,26). The molecule has 9 heteroatoms. The molecule has 1 aromatic heterocycles. The van der Waals surface area contributed by atoms with Crippen molar-refractivity contribution in [1.82, 2.24) is 9.88 Å². The highest BCUT2D eigenvalue weighted by Crippen LogP contribution is 2.39. The maximum Gasteiger partial charge on any atom is 0.410 e. The molecule has 0 bridgehead atoms. The van der Waals surface area contributed by atoms with E-state index in [9.17, 15) is 4.79 Å². The van der Waals surface area contributed by atoms with E-state index >= 15 is 0 Å². The molecule has 0 unspecified atom stereocenters. The van der Waals surface area contributed by atoms with Gasteiger partial charge in [0.1, 0.15) is 11.9 Å². The molecule has 1 aliphatic heterocycles. The van der Waals surface area contributed by atoms with Crippen LogP contribution in [-0.4, -0.2) is 61.2 Å². The van der Waals surface area contributed by atoms with E-state index in [2.05, 4.69) is 10.3 Å².